The average molecular weight is 380 g/mol. The summed E-state index contributed by atoms with van der Waals surface area (Å²) >= 11 is 0. The molecular formula is C22H15F3N2O. The number of halogens is 3. The van der Waals surface area contributed by atoms with Gasteiger partial charge in [-0.15, -0.1) is 0 Å². The molecule has 0 aliphatic heterocycles. The van der Waals surface area contributed by atoms with Crippen LogP contribution >= 0.6 is 0 Å². The molecular weight excluding hydrogens is 365 g/mol. The second kappa shape index (κ2) is 6.96. The van der Waals surface area contributed by atoms with Gasteiger partial charge >= 0.3 is 6.18 Å². The molecule has 28 heavy (non-hydrogen) atoms. The van der Waals surface area contributed by atoms with Crippen LogP contribution in [0.4, 0.5) is 13.2 Å². The number of alkyl halides is 3. The summed E-state index contributed by atoms with van der Waals surface area (Å²) in [6.45, 7) is 0.0956. The van der Waals surface area contributed by atoms with Crippen molar-refractivity contribution in [3.8, 4) is 11.3 Å². The molecule has 0 amide bonds. The Balaban J connectivity index is 1.66. The van der Waals surface area contributed by atoms with Crippen molar-refractivity contribution in [2.24, 2.45) is 0 Å². The minimum atomic E-state index is -4.39. The van der Waals surface area contributed by atoms with Gasteiger partial charge in [-0.1, -0.05) is 48.5 Å². The molecule has 0 N–H and O–H groups in total. The molecule has 0 fully saturated rings. The largest absolute Gasteiger partial charge is 0.416 e. The lowest BCUT2D eigenvalue weighted by atomic mass is 10.1. The van der Waals surface area contributed by atoms with Gasteiger partial charge in [-0.2, -0.15) is 18.3 Å². The maximum absolute atomic E-state index is 12.7. The molecule has 3 aromatic carbocycles. The van der Waals surface area contributed by atoms with Gasteiger partial charge in [-0.25, -0.2) is 4.68 Å². The number of aromatic nitrogens is 2. The van der Waals surface area contributed by atoms with Gasteiger partial charge in [0.1, 0.15) is 0 Å². The Labute approximate surface area is 158 Å². The van der Waals surface area contributed by atoms with Gasteiger partial charge in [0, 0.05) is 11.6 Å². The van der Waals surface area contributed by atoms with E-state index in [1.165, 1.54) is 22.9 Å². The average Bonchev–Trinajstić information content (AvgIpc) is 2.69. The topological polar surface area (TPSA) is 34.9 Å². The fraction of sp³-hybridized carbons (Fsp3) is 0.0909. The zero-order valence-corrected chi connectivity index (χ0v) is 14.6. The van der Waals surface area contributed by atoms with Crippen molar-refractivity contribution in [3.63, 3.8) is 0 Å². The van der Waals surface area contributed by atoms with Gasteiger partial charge in [0.2, 0.25) is 0 Å². The van der Waals surface area contributed by atoms with Crippen LogP contribution in [0.15, 0.2) is 83.7 Å². The predicted molar refractivity (Wildman–Crippen MR) is 102 cm³/mol. The normalized spacial score (nSPS) is 11.7. The third kappa shape index (κ3) is 3.67. The lowest BCUT2D eigenvalue weighted by Crippen LogP contribution is -2.22. The first-order valence-corrected chi connectivity index (χ1v) is 8.64. The molecule has 0 spiro atoms. The van der Waals surface area contributed by atoms with Crippen LogP contribution in [0.5, 0.6) is 0 Å². The molecule has 6 heteroatoms. The van der Waals surface area contributed by atoms with Gasteiger partial charge in [0.15, 0.2) is 0 Å². The SMILES string of the molecule is O=c1ccc(-c2ccc3ccccc3c2)nn1Cc1ccc(C(F)(F)F)cc1. The van der Waals surface area contributed by atoms with Crippen LogP contribution in [-0.4, -0.2) is 9.78 Å². The Hall–Kier alpha value is -3.41. The fourth-order valence-electron chi connectivity index (χ4n) is 3.04. The number of nitrogens with zero attached hydrogens (tertiary/aromatic N) is 2. The number of hydrogen-bond donors (Lipinski definition) is 0. The molecule has 0 aliphatic carbocycles. The maximum Gasteiger partial charge on any atom is 0.416 e. The molecule has 0 bridgehead atoms. The molecule has 0 unspecified atom stereocenters. The van der Waals surface area contributed by atoms with Crippen molar-refractivity contribution >= 4 is 10.8 Å². The van der Waals surface area contributed by atoms with Crippen molar-refractivity contribution in [3.05, 3.63) is 100 Å². The Morgan fingerprint density at radius 1 is 0.821 bits per heavy atom. The second-order valence-corrected chi connectivity index (χ2v) is 6.47. The maximum atomic E-state index is 12.7. The van der Waals surface area contributed by atoms with E-state index >= 15 is 0 Å². The summed E-state index contributed by atoms with van der Waals surface area (Å²) in [5.41, 5.74) is 1.02. The number of rotatable bonds is 3. The van der Waals surface area contributed by atoms with Crippen LogP contribution in [-0.2, 0) is 12.7 Å². The summed E-state index contributed by atoms with van der Waals surface area (Å²) in [5.74, 6) is 0. The molecule has 4 aromatic rings. The Morgan fingerprint density at radius 2 is 1.54 bits per heavy atom. The highest BCUT2D eigenvalue weighted by Gasteiger charge is 2.29. The smallest absolute Gasteiger partial charge is 0.268 e. The molecule has 0 saturated carbocycles. The summed E-state index contributed by atoms with van der Waals surface area (Å²) in [6, 6.07) is 21.6. The molecule has 1 aromatic heterocycles. The van der Waals surface area contributed by atoms with E-state index in [0.29, 0.717) is 11.3 Å². The first kappa shape index (κ1) is 18.0. The minimum absolute atomic E-state index is 0.0956. The van der Waals surface area contributed by atoms with E-state index in [2.05, 4.69) is 5.10 Å². The summed E-state index contributed by atoms with van der Waals surface area (Å²) in [5, 5.41) is 6.56. The van der Waals surface area contributed by atoms with Gasteiger partial charge in [0.25, 0.3) is 5.56 Å². The van der Waals surface area contributed by atoms with Crippen molar-refractivity contribution in [2.45, 2.75) is 12.7 Å². The van der Waals surface area contributed by atoms with Gasteiger partial charge in [-0.05, 0) is 40.6 Å². The standard InChI is InChI=1S/C22H15F3N2O/c23-22(24,25)19-9-5-15(6-10-19)14-27-21(28)12-11-20(26-27)18-8-7-16-3-1-2-4-17(16)13-18/h1-13H,14H2. The summed E-state index contributed by atoms with van der Waals surface area (Å²) in [4.78, 5) is 12.2. The fourth-order valence-corrected chi connectivity index (χ4v) is 3.04. The first-order valence-electron chi connectivity index (χ1n) is 8.64. The zero-order valence-electron chi connectivity index (χ0n) is 14.6. The quantitative estimate of drug-likeness (QED) is 0.494. The number of benzene rings is 3. The molecule has 0 radical (unpaired) electrons. The van der Waals surface area contributed by atoms with E-state index < -0.39 is 11.7 Å². The zero-order chi connectivity index (χ0) is 19.7. The van der Waals surface area contributed by atoms with Crippen LogP contribution in [0, 0.1) is 0 Å². The minimum Gasteiger partial charge on any atom is -0.268 e. The van der Waals surface area contributed by atoms with E-state index in [0.717, 1.165) is 28.5 Å². The highest BCUT2D eigenvalue weighted by Crippen LogP contribution is 2.29. The lowest BCUT2D eigenvalue weighted by Gasteiger charge is -2.10. The van der Waals surface area contributed by atoms with E-state index in [-0.39, 0.29) is 12.1 Å². The van der Waals surface area contributed by atoms with Crippen molar-refractivity contribution in [1.82, 2.24) is 9.78 Å². The van der Waals surface area contributed by atoms with Crippen LogP contribution in [0.25, 0.3) is 22.0 Å². The third-order valence-electron chi connectivity index (χ3n) is 4.53. The molecule has 0 atom stereocenters. The summed E-state index contributed by atoms with van der Waals surface area (Å²) in [6.07, 6.45) is -4.39. The summed E-state index contributed by atoms with van der Waals surface area (Å²) < 4.78 is 39.3. The second-order valence-electron chi connectivity index (χ2n) is 6.47. The first-order chi connectivity index (χ1) is 13.4. The van der Waals surface area contributed by atoms with Crippen LogP contribution < -0.4 is 5.56 Å². The Bertz CT molecular complexity index is 1190. The van der Waals surface area contributed by atoms with Gasteiger partial charge in [0.05, 0.1) is 17.8 Å². The van der Waals surface area contributed by atoms with E-state index in [1.54, 1.807) is 6.07 Å². The third-order valence-corrected chi connectivity index (χ3v) is 4.53. The van der Waals surface area contributed by atoms with Crippen molar-refractivity contribution in [2.75, 3.05) is 0 Å². The lowest BCUT2D eigenvalue weighted by molar-refractivity contribution is -0.137. The number of hydrogen-bond acceptors (Lipinski definition) is 2. The Morgan fingerprint density at radius 3 is 2.25 bits per heavy atom. The molecule has 4 rings (SSSR count). The van der Waals surface area contributed by atoms with Gasteiger partial charge in [-0.3, -0.25) is 4.79 Å². The van der Waals surface area contributed by atoms with Gasteiger partial charge < -0.3 is 0 Å². The van der Waals surface area contributed by atoms with E-state index in [1.807, 2.05) is 42.5 Å². The van der Waals surface area contributed by atoms with Crippen molar-refractivity contribution in [1.29, 1.82) is 0 Å². The van der Waals surface area contributed by atoms with Crippen LogP contribution in [0.3, 0.4) is 0 Å². The molecule has 3 nitrogen and oxygen atoms in total. The van der Waals surface area contributed by atoms with Crippen LogP contribution in [0.1, 0.15) is 11.1 Å². The Kier molecular flexibility index (Phi) is 4.47. The molecule has 0 saturated heterocycles. The molecule has 1 heterocycles. The molecule has 140 valence electrons. The highest BCUT2D eigenvalue weighted by molar-refractivity contribution is 5.86. The number of fused-ring (bicyclic) bond motifs is 1. The summed E-state index contributed by atoms with van der Waals surface area (Å²) in [7, 11) is 0. The monoisotopic (exact) mass is 380 g/mol. The highest BCUT2D eigenvalue weighted by atomic mass is 19.4. The van der Waals surface area contributed by atoms with E-state index in [4.69, 9.17) is 0 Å². The van der Waals surface area contributed by atoms with E-state index in [9.17, 15) is 18.0 Å². The van der Waals surface area contributed by atoms with Crippen molar-refractivity contribution < 1.29 is 13.2 Å². The van der Waals surface area contributed by atoms with Crippen LogP contribution in [0.2, 0.25) is 0 Å². The predicted octanol–water partition coefficient (Wildman–Crippen LogP) is 5.13. The molecule has 0 aliphatic rings.